The number of benzene rings is 2. The first-order valence-corrected chi connectivity index (χ1v) is 8.94. The van der Waals surface area contributed by atoms with E-state index in [9.17, 15) is 4.79 Å². The van der Waals surface area contributed by atoms with Gasteiger partial charge in [0.2, 0.25) is 5.91 Å². The Bertz CT molecular complexity index is 1170. The summed E-state index contributed by atoms with van der Waals surface area (Å²) in [5, 5.41) is 8.46. The number of carbonyl (C=O) groups is 1. The molecule has 1 amide bonds. The number of hydrogen-bond donors (Lipinski definition) is 2. The topological polar surface area (TPSA) is 98.7 Å². The lowest BCUT2D eigenvalue weighted by Gasteiger charge is -2.13. The molecule has 0 bridgehead atoms. The van der Waals surface area contributed by atoms with Crippen LogP contribution in [0.3, 0.4) is 0 Å². The number of hydrogen-bond acceptors (Lipinski definition) is 5. The van der Waals surface area contributed by atoms with Gasteiger partial charge in [-0.2, -0.15) is 14.8 Å². The number of nitrogens with zero attached hydrogens (tertiary/aromatic N) is 4. The van der Waals surface area contributed by atoms with E-state index in [-0.39, 0.29) is 0 Å². The zero-order valence-corrected chi connectivity index (χ0v) is 15.7. The van der Waals surface area contributed by atoms with E-state index in [1.54, 1.807) is 23.0 Å². The van der Waals surface area contributed by atoms with E-state index in [0.29, 0.717) is 23.4 Å². The molecular weight excluding hydrogens is 352 g/mol. The molecule has 140 valence electrons. The standard InChI is InChI=1S/C21H20N6O/c1-13-14(2)25-21(26-20(13)23-11-15-7-4-3-5-8-15)27-18-10-6-9-16(19(22)28)17(18)12-24-27/h3-10,12H,11H2,1-2H3,(H2,22,28)(H,23,25,26). The fourth-order valence-electron chi connectivity index (χ4n) is 3.09. The second-order valence-corrected chi connectivity index (χ2v) is 6.58. The van der Waals surface area contributed by atoms with Crippen LogP contribution in [0.15, 0.2) is 54.7 Å². The Morgan fingerprint density at radius 2 is 1.86 bits per heavy atom. The molecule has 2 aromatic carbocycles. The zero-order chi connectivity index (χ0) is 19.7. The minimum atomic E-state index is -0.489. The molecule has 7 nitrogen and oxygen atoms in total. The normalized spacial score (nSPS) is 10.9. The molecule has 0 radical (unpaired) electrons. The van der Waals surface area contributed by atoms with Crippen molar-refractivity contribution in [3.63, 3.8) is 0 Å². The summed E-state index contributed by atoms with van der Waals surface area (Å²) in [6.45, 7) is 4.58. The first kappa shape index (κ1) is 17.7. The van der Waals surface area contributed by atoms with Gasteiger partial charge in [0.05, 0.1) is 17.3 Å². The van der Waals surface area contributed by atoms with E-state index >= 15 is 0 Å². The summed E-state index contributed by atoms with van der Waals surface area (Å²) >= 11 is 0. The van der Waals surface area contributed by atoms with Gasteiger partial charge in [0.15, 0.2) is 0 Å². The minimum absolute atomic E-state index is 0.426. The molecule has 3 N–H and O–H groups in total. The van der Waals surface area contributed by atoms with Crippen molar-refractivity contribution < 1.29 is 4.79 Å². The SMILES string of the molecule is Cc1nc(-n2ncc3c(C(N)=O)cccc32)nc(NCc2ccccc2)c1C. The number of carbonyl (C=O) groups excluding carboxylic acids is 1. The molecule has 0 aliphatic rings. The molecule has 0 saturated heterocycles. The number of nitrogens with two attached hydrogens (primary N) is 1. The van der Waals surface area contributed by atoms with Crippen molar-refractivity contribution in [2.24, 2.45) is 5.73 Å². The van der Waals surface area contributed by atoms with Crippen LogP contribution in [0.5, 0.6) is 0 Å². The van der Waals surface area contributed by atoms with E-state index in [0.717, 1.165) is 28.2 Å². The molecule has 7 heteroatoms. The summed E-state index contributed by atoms with van der Waals surface area (Å²) in [4.78, 5) is 20.9. The summed E-state index contributed by atoms with van der Waals surface area (Å²) in [5.74, 6) is 0.702. The summed E-state index contributed by atoms with van der Waals surface area (Å²) < 4.78 is 1.63. The van der Waals surface area contributed by atoms with Gasteiger partial charge in [-0.1, -0.05) is 36.4 Å². The lowest BCUT2D eigenvalue weighted by atomic mass is 10.1. The first-order chi connectivity index (χ1) is 13.5. The predicted molar refractivity (Wildman–Crippen MR) is 108 cm³/mol. The van der Waals surface area contributed by atoms with Gasteiger partial charge in [0, 0.05) is 23.2 Å². The van der Waals surface area contributed by atoms with Gasteiger partial charge < -0.3 is 11.1 Å². The second kappa shape index (κ2) is 7.11. The van der Waals surface area contributed by atoms with E-state index in [1.165, 1.54) is 0 Å². The summed E-state index contributed by atoms with van der Waals surface area (Å²) in [5.41, 5.74) is 9.63. The number of aryl methyl sites for hydroxylation is 1. The molecule has 0 saturated carbocycles. The van der Waals surface area contributed by atoms with Crippen molar-refractivity contribution in [3.05, 3.63) is 77.1 Å². The van der Waals surface area contributed by atoms with Crippen LogP contribution in [0, 0.1) is 13.8 Å². The fraction of sp³-hybridized carbons (Fsp3) is 0.143. The molecule has 0 spiro atoms. The third-order valence-corrected chi connectivity index (χ3v) is 4.75. The van der Waals surface area contributed by atoms with Crippen molar-refractivity contribution in [1.29, 1.82) is 0 Å². The number of rotatable bonds is 5. The largest absolute Gasteiger partial charge is 0.366 e. The van der Waals surface area contributed by atoms with Crippen molar-refractivity contribution in [2.75, 3.05) is 5.32 Å². The lowest BCUT2D eigenvalue weighted by Crippen LogP contribution is -2.12. The Morgan fingerprint density at radius 3 is 2.61 bits per heavy atom. The number of anilines is 1. The average Bonchev–Trinajstić information content (AvgIpc) is 3.14. The maximum atomic E-state index is 11.7. The molecule has 0 aliphatic carbocycles. The van der Waals surface area contributed by atoms with Gasteiger partial charge in [-0.05, 0) is 31.5 Å². The summed E-state index contributed by atoms with van der Waals surface area (Å²) in [7, 11) is 0. The van der Waals surface area contributed by atoms with E-state index < -0.39 is 5.91 Å². The van der Waals surface area contributed by atoms with Crippen molar-refractivity contribution in [2.45, 2.75) is 20.4 Å². The van der Waals surface area contributed by atoms with Crippen LogP contribution in [0.4, 0.5) is 5.82 Å². The number of nitrogens with one attached hydrogen (secondary N) is 1. The third-order valence-electron chi connectivity index (χ3n) is 4.75. The Morgan fingerprint density at radius 1 is 1.07 bits per heavy atom. The van der Waals surface area contributed by atoms with Crippen LogP contribution in [0.1, 0.15) is 27.2 Å². The third kappa shape index (κ3) is 3.18. The maximum absolute atomic E-state index is 11.7. The Labute approximate surface area is 162 Å². The lowest BCUT2D eigenvalue weighted by molar-refractivity contribution is 0.100. The molecule has 0 aliphatic heterocycles. The van der Waals surface area contributed by atoms with Crippen LogP contribution in [-0.4, -0.2) is 25.7 Å². The van der Waals surface area contributed by atoms with Crippen LogP contribution in [-0.2, 0) is 6.54 Å². The Kier molecular flexibility index (Phi) is 4.49. The highest BCUT2D eigenvalue weighted by Crippen LogP contribution is 2.23. The van der Waals surface area contributed by atoms with E-state index in [2.05, 4.69) is 32.5 Å². The zero-order valence-electron chi connectivity index (χ0n) is 15.7. The molecule has 28 heavy (non-hydrogen) atoms. The fourth-order valence-corrected chi connectivity index (χ4v) is 3.09. The summed E-state index contributed by atoms with van der Waals surface area (Å²) in [6.07, 6.45) is 1.62. The van der Waals surface area contributed by atoms with Gasteiger partial charge >= 0.3 is 0 Å². The number of primary amides is 1. The number of aromatic nitrogens is 4. The predicted octanol–water partition coefficient (Wildman–Crippen LogP) is 3.14. The van der Waals surface area contributed by atoms with Crippen LogP contribution in [0.25, 0.3) is 16.9 Å². The average molecular weight is 372 g/mol. The molecule has 4 aromatic rings. The highest BCUT2D eigenvalue weighted by molar-refractivity contribution is 6.05. The Hall–Kier alpha value is -3.74. The van der Waals surface area contributed by atoms with Crippen molar-refractivity contribution in [3.8, 4) is 5.95 Å². The van der Waals surface area contributed by atoms with Crippen LogP contribution < -0.4 is 11.1 Å². The highest BCUT2D eigenvalue weighted by Gasteiger charge is 2.15. The monoisotopic (exact) mass is 372 g/mol. The van der Waals surface area contributed by atoms with E-state index in [4.69, 9.17) is 5.73 Å². The van der Waals surface area contributed by atoms with Gasteiger partial charge in [-0.25, -0.2) is 4.98 Å². The number of amides is 1. The quantitative estimate of drug-likeness (QED) is 0.561. The van der Waals surface area contributed by atoms with Crippen LogP contribution in [0.2, 0.25) is 0 Å². The first-order valence-electron chi connectivity index (χ1n) is 8.94. The Balaban J connectivity index is 1.75. The van der Waals surface area contributed by atoms with Gasteiger partial charge in [0.1, 0.15) is 5.82 Å². The molecule has 0 fully saturated rings. The molecule has 4 rings (SSSR count). The summed E-state index contributed by atoms with van der Waals surface area (Å²) in [6, 6.07) is 15.4. The van der Waals surface area contributed by atoms with E-state index in [1.807, 2.05) is 38.1 Å². The molecular formula is C21H20N6O. The highest BCUT2D eigenvalue weighted by atomic mass is 16.1. The molecule has 0 unspecified atom stereocenters. The maximum Gasteiger partial charge on any atom is 0.253 e. The van der Waals surface area contributed by atoms with Gasteiger partial charge in [-0.15, -0.1) is 0 Å². The molecule has 2 heterocycles. The van der Waals surface area contributed by atoms with Crippen molar-refractivity contribution >= 4 is 22.6 Å². The smallest absolute Gasteiger partial charge is 0.253 e. The molecule has 0 atom stereocenters. The van der Waals surface area contributed by atoms with Gasteiger partial charge in [-0.3, -0.25) is 4.79 Å². The van der Waals surface area contributed by atoms with Crippen molar-refractivity contribution in [1.82, 2.24) is 19.7 Å². The van der Waals surface area contributed by atoms with Gasteiger partial charge in [0.25, 0.3) is 5.95 Å². The second-order valence-electron chi connectivity index (χ2n) is 6.58. The number of fused-ring (bicyclic) bond motifs is 1. The molecule has 2 aromatic heterocycles. The van der Waals surface area contributed by atoms with Crippen LogP contribution >= 0.6 is 0 Å². The minimum Gasteiger partial charge on any atom is -0.366 e.